The highest BCUT2D eigenvalue weighted by Gasteiger charge is 2.33. The van der Waals surface area contributed by atoms with Crippen molar-refractivity contribution >= 4 is 23.6 Å². The summed E-state index contributed by atoms with van der Waals surface area (Å²) in [5.74, 6) is -1.23. The molecule has 0 bridgehead atoms. The third-order valence-corrected chi connectivity index (χ3v) is 7.28. The number of hydrogen-bond acceptors (Lipinski definition) is 6. The number of nitrogens with two attached hydrogens (primary N) is 1. The van der Waals surface area contributed by atoms with Crippen molar-refractivity contribution in [3.8, 4) is 0 Å². The molecule has 1 aromatic rings. The molecular formula is C26H40N6O4. The maximum absolute atomic E-state index is 13.4. The summed E-state index contributed by atoms with van der Waals surface area (Å²) >= 11 is 0. The minimum atomic E-state index is -1.01. The van der Waals surface area contributed by atoms with Crippen LogP contribution in [0.4, 0.5) is 0 Å². The van der Waals surface area contributed by atoms with E-state index >= 15 is 0 Å². The number of amidine groups is 1. The summed E-state index contributed by atoms with van der Waals surface area (Å²) in [4.78, 5) is 37.8. The van der Waals surface area contributed by atoms with Gasteiger partial charge in [-0.1, -0.05) is 56.4 Å². The Kier molecular flexibility index (Phi) is 10.7. The molecule has 2 fully saturated rings. The van der Waals surface area contributed by atoms with Crippen molar-refractivity contribution in [2.75, 3.05) is 19.6 Å². The molecule has 0 spiro atoms. The molecule has 1 aliphatic carbocycles. The number of carbonyl (C=O) groups is 3. The van der Waals surface area contributed by atoms with Crippen LogP contribution in [0.1, 0.15) is 62.5 Å². The zero-order valence-corrected chi connectivity index (χ0v) is 20.9. The maximum Gasteiger partial charge on any atom is 0.317 e. The molecule has 198 valence electrons. The maximum atomic E-state index is 13.4. The second-order valence-corrected chi connectivity index (χ2v) is 9.97. The van der Waals surface area contributed by atoms with Crippen molar-refractivity contribution in [2.45, 2.75) is 70.0 Å². The number of benzene rings is 1. The Hall–Kier alpha value is -2.98. The fraction of sp³-hybridized carbons (Fsp3) is 0.615. The molecule has 36 heavy (non-hydrogen) atoms. The smallest absolute Gasteiger partial charge is 0.317 e. The van der Waals surface area contributed by atoms with E-state index in [0.717, 1.165) is 57.2 Å². The zero-order valence-electron chi connectivity index (χ0n) is 20.9. The van der Waals surface area contributed by atoms with Gasteiger partial charge in [0.05, 0.1) is 12.6 Å². The number of carboxylic acids is 1. The average molecular weight is 501 g/mol. The van der Waals surface area contributed by atoms with Gasteiger partial charge in [-0.05, 0) is 49.8 Å². The van der Waals surface area contributed by atoms with Crippen molar-refractivity contribution in [3.05, 3.63) is 35.4 Å². The van der Waals surface area contributed by atoms with Crippen molar-refractivity contribution < 1.29 is 19.5 Å². The molecule has 1 saturated heterocycles. The van der Waals surface area contributed by atoms with Gasteiger partial charge in [0.25, 0.3) is 0 Å². The molecule has 0 aromatic heterocycles. The van der Waals surface area contributed by atoms with Crippen LogP contribution in [-0.4, -0.2) is 60.4 Å². The van der Waals surface area contributed by atoms with E-state index < -0.39 is 18.1 Å². The normalized spacial score (nSPS) is 18.7. The van der Waals surface area contributed by atoms with E-state index in [-0.39, 0.29) is 36.7 Å². The zero-order chi connectivity index (χ0) is 25.9. The number of piperidine rings is 1. The van der Waals surface area contributed by atoms with Crippen LogP contribution in [0.2, 0.25) is 0 Å². The van der Waals surface area contributed by atoms with Crippen LogP contribution in [0.25, 0.3) is 0 Å². The quantitative estimate of drug-likeness (QED) is 0.166. The van der Waals surface area contributed by atoms with Gasteiger partial charge in [-0.15, -0.1) is 0 Å². The standard InChI is InChI=1S/C26H40N6O4/c27-24(28)20-8-6-18(7-9-20)15-31-26(36)23(19-10-12-29-13-11-19)32-25(35)21(30-16-22(33)34)14-17-4-2-1-3-5-17/h6-9,17,19,21,23,29-30H,1-5,10-16H2,(H3,27,28)(H,31,36)(H,32,35)(H,33,34)/t21-,23+/m1/s1. The highest BCUT2D eigenvalue weighted by Crippen LogP contribution is 2.27. The number of aliphatic carboxylic acids is 1. The van der Waals surface area contributed by atoms with Gasteiger partial charge in [-0.2, -0.15) is 0 Å². The summed E-state index contributed by atoms with van der Waals surface area (Å²) in [6, 6.07) is 5.74. The van der Waals surface area contributed by atoms with E-state index in [1.54, 1.807) is 12.1 Å². The Balaban J connectivity index is 1.67. The molecule has 3 rings (SSSR count). The van der Waals surface area contributed by atoms with Crippen molar-refractivity contribution in [3.63, 3.8) is 0 Å². The summed E-state index contributed by atoms with van der Waals surface area (Å²) < 4.78 is 0. The summed E-state index contributed by atoms with van der Waals surface area (Å²) in [5, 5.41) is 28.8. The molecule has 10 heteroatoms. The lowest BCUT2D eigenvalue weighted by Crippen LogP contribution is -2.57. The predicted molar refractivity (Wildman–Crippen MR) is 137 cm³/mol. The first-order chi connectivity index (χ1) is 17.3. The van der Waals surface area contributed by atoms with Crippen LogP contribution in [-0.2, 0) is 20.9 Å². The van der Waals surface area contributed by atoms with Gasteiger partial charge in [0.15, 0.2) is 0 Å². The lowest BCUT2D eigenvalue weighted by atomic mass is 9.84. The van der Waals surface area contributed by atoms with Crippen LogP contribution in [0, 0.1) is 17.2 Å². The topological polar surface area (TPSA) is 169 Å². The Morgan fingerprint density at radius 3 is 2.31 bits per heavy atom. The van der Waals surface area contributed by atoms with Crippen molar-refractivity contribution in [1.29, 1.82) is 5.41 Å². The second-order valence-electron chi connectivity index (χ2n) is 9.97. The molecule has 0 radical (unpaired) electrons. The summed E-state index contributed by atoms with van der Waals surface area (Å²) in [6.07, 6.45) is 7.64. The molecule has 1 saturated carbocycles. The highest BCUT2D eigenvalue weighted by molar-refractivity contribution is 5.95. The van der Waals surface area contributed by atoms with E-state index in [1.807, 2.05) is 12.1 Å². The Morgan fingerprint density at radius 2 is 1.69 bits per heavy atom. The fourth-order valence-corrected chi connectivity index (χ4v) is 5.18. The van der Waals surface area contributed by atoms with Gasteiger partial charge in [0.2, 0.25) is 11.8 Å². The SMILES string of the molecule is N=C(N)c1ccc(CNC(=O)[C@@H](NC(=O)[C@@H](CC2CCCCC2)NCC(=O)O)C2CCNCC2)cc1. The minimum absolute atomic E-state index is 0.00917. The number of carboxylic acid groups (broad SMARTS) is 1. The molecule has 8 N–H and O–H groups in total. The van der Waals surface area contributed by atoms with Crippen molar-refractivity contribution in [2.24, 2.45) is 17.6 Å². The minimum Gasteiger partial charge on any atom is -0.480 e. The van der Waals surface area contributed by atoms with Gasteiger partial charge in [-0.3, -0.25) is 25.1 Å². The molecule has 1 aliphatic heterocycles. The van der Waals surface area contributed by atoms with E-state index in [1.165, 1.54) is 6.42 Å². The van der Waals surface area contributed by atoms with Gasteiger partial charge in [0, 0.05) is 12.1 Å². The van der Waals surface area contributed by atoms with E-state index in [2.05, 4.69) is 21.3 Å². The van der Waals surface area contributed by atoms with Crippen molar-refractivity contribution in [1.82, 2.24) is 21.3 Å². The number of hydrogen-bond donors (Lipinski definition) is 7. The van der Waals surface area contributed by atoms with Crippen LogP contribution in [0.3, 0.4) is 0 Å². The lowest BCUT2D eigenvalue weighted by molar-refractivity contribution is -0.137. The summed E-state index contributed by atoms with van der Waals surface area (Å²) in [6.45, 7) is 1.54. The molecule has 0 unspecified atom stereocenters. The van der Waals surface area contributed by atoms with Gasteiger partial charge in [-0.25, -0.2) is 0 Å². The molecule has 10 nitrogen and oxygen atoms in total. The predicted octanol–water partition coefficient (Wildman–Crippen LogP) is 1.08. The monoisotopic (exact) mass is 500 g/mol. The number of amides is 2. The van der Waals surface area contributed by atoms with Crippen LogP contribution in [0.5, 0.6) is 0 Å². The first-order valence-corrected chi connectivity index (χ1v) is 13.0. The Morgan fingerprint density at radius 1 is 1.03 bits per heavy atom. The number of rotatable bonds is 12. The highest BCUT2D eigenvalue weighted by atomic mass is 16.4. The first kappa shape index (κ1) is 27.6. The van der Waals surface area contributed by atoms with E-state index in [9.17, 15) is 14.4 Å². The van der Waals surface area contributed by atoms with E-state index in [0.29, 0.717) is 17.9 Å². The number of nitrogen functional groups attached to an aromatic ring is 1. The first-order valence-electron chi connectivity index (χ1n) is 13.0. The van der Waals surface area contributed by atoms with Gasteiger partial charge >= 0.3 is 5.97 Å². The van der Waals surface area contributed by atoms with E-state index in [4.69, 9.17) is 16.2 Å². The molecule has 1 heterocycles. The molecular weight excluding hydrogens is 460 g/mol. The third kappa shape index (κ3) is 8.60. The average Bonchev–Trinajstić information content (AvgIpc) is 2.89. The molecule has 1 aromatic carbocycles. The summed E-state index contributed by atoms with van der Waals surface area (Å²) in [5.41, 5.74) is 6.98. The third-order valence-electron chi connectivity index (χ3n) is 7.28. The Bertz CT molecular complexity index is 894. The van der Waals surface area contributed by atoms with Gasteiger partial charge < -0.3 is 26.8 Å². The molecule has 2 amide bonds. The molecule has 2 aliphatic rings. The number of carbonyl (C=O) groups excluding carboxylic acids is 2. The Labute approximate surface area is 212 Å². The second kappa shape index (κ2) is 13.9. The number of nitrogens with one attached hydrogen (secondary N) is 5. The largest absolute Gasteiger partial charge is 0.480 e. The fourth-order valence-electron chi connectivity index (χ4n) is 5.18. The van der Waals surface area contributed by atoms with Crippen LogP contribution in [0.15, 0.2) is 24.3 Å². The summed E-state index contributed by atoms with van der Waals surface area (Å²) in [7, 11) is 0. The lowest BCUT2D eigenvalue weighted by Gasteiger charge is -2.32. The van der Waals surface area contributed by atoms with Crippen LogP contribution < -0.4 is 27.0 Å². The van der Waals surface area contributed by atoms with Gasteiger partial charge in [0.1, 0.15) is 11.9 Å². The molecule has 2 atom stereocenters. The van der Waals surface area contributed by atoms with Crippen LogP contribution >= 0.6 is 0 Å².